The number of fused-ring (bicyclic) bond motifs is 3. The fourth-order valence-electron chi connectivity index (χ4n) is 7.51. The largest absolute Gasteiger partial charge is 0.394 e. The first-order valence-corrected chi connectivity index (χ1v) is 12.8. The molecule has 0 aromatic carbocycles. The molecule has 9 heteroatoms. The zero-order valence-corrected chi connectivity index (χ0v) is 21.1. The number of carbonyl (C=O) groups excluding carboxylic acids is 1. The fourth-order valence-corrected chi connectivity index (χ4v) is 7.51. The monoisotopic (exact) mass is 498 g/mol. The van der Waals surface area contributed by atoms with E-state index < -0.39 is 60.4 Å². The zero-order chi connectivity index (χ0) is 25.9. The van der Waals surface area contributed by atoms with Crippen LogP contribution in [0.5, 0.6) is 0 Å². The molecule has 9 nitrogen and oxygen atoms in total. The second-order valence-corrected chi connectivity index (χ2v) is 12.3. The maximum absolute atomic E-state index is 12.7. The minimum Gasteiger partial charge on any atom is -0.394 e. The first-order valence-electron chi connectivity index (χ1n) is 12.8. The molecule has 4 rings (SSSR count). The standard InChI is InChI=1S/C26H42O9/c1-24(2)17-6-5-13-9-25(3,8-7-14(13)26(17,4)10-15(28)22(24)33)18(29)12-34-23-21(32)20(31)19(30)16(11-27)35-23/h9,14,16-23,27,29-33H,5-8,10-12H2,1-4H3. The van der Waals surface area contributed by atoms with E-state index in [0.29, 0.717) is 12.8 Å². The molecule has 0 radical (unpaired) electrons. The van der Waals surface area contributed by atoms with E-state index >= 15 is 0 Å². The molecular weight excluding hydrogens is 456 g/mol. The van der Waals surface area contributed by atoms with Gasteiger partial charge in [-0.2, -0.15) is 0 Å². The number of aliphatic hydroxyl groups is 6. The maximum Gasteiger partial charge on any atom is 0.186 e. The Morgan fingerprint density at radius 2 is 1.77 bits per heavy atom. The van der Waals surface area contributed by atoms with Gasteiger partial charge in [0.1, 0.15) is 30.5 Å². The zero-order valence-electron chi connectivity index (χ0n) is 21.1. The minimum atomic E-state index is -1.53. The van der Waals surface area contributed by atoms with Crippen LogP contribution in [0.15, 0.2) is 11.6 Å². The van der Waals surface area contributed by atoms with E-state index in [1.807, 2.05) is 20.8 Å². The molecule has 0 aromatic rings. The smallest absolute Gasteiger partial charge is 0.186 e. The predicted octanol–water partition coefficient (Wildman–Crippen LogP) is 0.283. The highest BCUT2D eigenvalue weighted by molar-refractivity contribution is 5.85. The molecule has 0 aromatic heterocycles. The summed E-state index contributed by atoms with van der Waals surface area (Å²) in [5, 5.41) is 61.1. The lowest BCUT2D eigenvalue weighted by Crippen LogP contribution is -2.60. The molecule has 0 spiro atoms. The molecule has 6 N–H and O–H groups in total. The van der Waals surface area contributed by atoms with E-state index in [1.54, 1.807) is 0 Å². The summed E-state index contributed by atoms with van der Waals surface area (Å²) >= 11 is 0. The summed E-state index contributed by atoms with van der Waals surface area (Å²) in [6.07, 6.45) is -3.00. The van der Waals surface area contributed by atoms with Crippen molar-refractivity contribution in [3.63, 3.8) is 0 Å². The van der Waals surface area contributed by atoms with Gasteiger partial charge in [-0.15, -0.1) is 0 Å². The van der Waals surface area contributed by atoms with Crippen LogP contribution in [0.4, 0.5) is 0 Å². The Labute approximate surface area is 206 Å². The molecule has 11 atom stereocenters. The van der Waals surface area contributed by atoms with Crippen LogP contribution in [0.3, 0.4) is 0 Å². The van der Waals surface area contributed by atoms with Gasteiger partial charge in [0.15, 0.2) is 12.1 Å². The van der Waals surface area contributed by atoms with Crippen LogP contribution in [0, 0.1) is 28.1 Å². The van der Waals surface area contributed by atoms with Crippen molar-refractivity contribution in [3.8, 4) is 0 Å². The van der Waals surface area contributed by atoms with Crippen LogP contribution in [0.2, 0.25) is 0 Å². The van der Waals surface area contributed by atoms with Crippen molar-refractivity contribution in [2.45, 2.75) is 103 Å². The molecule has 0 amide bonds. The molecule has 0 bridgehead atoms. The lowest BCUT2D eigenvalue weighted by Gasteiger charge is -2.60. The summed E-state index contributed by atoms with van der Waals surface area (Å²) in [4.78, 5) is 12.7. The van der Waals surface area contributed by atoms with Gasteiger partial charge in [0.05, 0.1) is 19.3 Å². The summed E-state index contributed by atoms with van der Waals surface area (Å²) in [6, 6.07) is 0. The van der Waals surface area contributed by atoms with E-state index in [-0.39, 0.29) is 29.6 Å². The Morgan fingerprint density at radius 3 is 2.43 bits per heavy atom. The maximum atomic E-state index is 12.7. The first kappa shape index (κ1) is 27.1. The third-order valence-electron chi connectivity index (χ3n) is 9.74. The van der Waals surface area contributed by atoms with Gasteiger partial charge < -0.3 is 40.1 Å². The number of hydrogen-bond donors (Lipinski definition) is 6. The molecule has 11 unspecified atom stereocenters. The molecule has 4 aliphatic rings. The van der Waals surface area contributed by atoms with Crippen LogP contribution >= 0.6 is 0 Å². The van der Waals surface area contributed by atoms with Crippen molar-refractivity contribution < 1.29 is 44.9 Å². The quantitative estimate of drug-likeness (QED) is 0.293. The Balaban J connectivity index is 1.47. The summed E-state index contributed by atoms with van der Waals surface area (Å²) in [7, 11) is 0. The molecule has 3 fully saturated rings. The van der Waals surface area contributed by atoms with Crippen LogP contribution < -0.4 is 0 Å². The lowest BCUT2D eigenvalue weighted by molar-refractivity contribution is -0.306. The third-order valence-corrected chi connectivity index (χ3v) is 9.74. The van der Waals surface area contributed by atoms with Crippen molar-refractivity contribution in [2.75, 3.05) is 13.2 Å². The van der Waals surface area contributed by atoms with Gasteiger partial charge in [-0.25, -0.2) is 0 Å². The summed E-state index contributed by atoms with van der Waals surface area (Å²) in [5.74, 6) is 0.355. The highest BCUT2D eigenvalue weighted by Gasteiger charge is 2.60. The Morgan fingerprint density at radius 1 is 1.09 bits per heavy atom. The van der Waals surface area contributed by atoms with E-state index in [2.05, 4.69) is 13.0 Å². The minimum absolute atomic E-state index is 0.0868. The summed E-state index contributed by atoms with van der Waals surface area (Å²) < 4.78 is 11.0. The molecule has 200 valence electrons. The predicted molar refractivity (Wildman–Crippen MR) is 125 cm³/mol. The molecule has 35 heavy (non-hydrogen) atoms. The van der Waals surface area contributed by atoms with Gasteiger partial charge in [-0.3, -0.25) is 4.79 Å². The lowest BCUT2D eigenvalue weighted by atomic mass is 9.44. The van der Waals surface area contributed by atoms with E-state index in [0.717, 1.165) is 19.3 Å². The Kier molecular flexibility index (Phi) is 7.32. The van der Waals surface area contributed by atoms with Crippen LogP contribution in [-0.2, 0) is 14.3 Å². The van der Waals surface area contributed by atoms with Gasteiger partial charge in [-0.05, 0) is 42.9 Å². The normalized spacial score (nSPS) is 48.5. The average Bonchev–Trinajstić information content (AvgIpc) is 2.80. The first-order chi connectivity index (χ1) is 16.3. The highest BCUT2D eigenvalue weighted by Crippen LogP contribution is 2.63. The van der Waals surface area contributed by atoms with E-state index in [9.17, 15) is 35.4 Å². The molecule has 2 saturated carbocycles. The number of hydrogen-bond acceptors (Lipinski definition) is 9. The number of ketones is 1. The number of rotatable bonds is 5. The molecule has 1 saturated heterocycles. The highest BCUT2D eigenvalue weighted by atomic mass is 16.7. The van der Waals surface area contributed by atoms with Crippen molar-refractivity contribution in [3.05, 3.63) is 11.6 Å². The number of carbonyl (C=O) groups is 1. The average molecular weight is 499 g/mol. The summed E-state index contributed by atoms with van der Waals surface area (Å²) in [5.41, 5.74) is -0.0565. The van der Waals surface area contributed by atoms with Crippen molar-refractivity contribution in [1.82, 2.24) is 0 Å². The molecule has 1 aliphatic heterocycles. The van der Waals surface area contributed by atoms with E-state index in [1.165, 1.54) is 5.57 Å². The second-order valence-electron chi connectivity index (χ2n) is 12.3. The van der Waals surface area contributed by atoms with Gasteiger partial charge in [0, 0.05) is 17.3 Å². The third kappa shape index (κ3) is 4.42. The van der Waals surface area contributed by atoms with Crippen molar-refractivity contribution >= 4 is 5.78 Å². The second kappa shape index (κ2) is 9.44. The van der Waals surface area contributed by atoms with Gasteiger partial charge in [-0.1, -0.05) is 39.3 Å². The van der Waals surface area contributed by atoms with Crippen molar-refractivity contribution in [2.24, 2.45) is 28.1 Å². The SMILES string of the molecule is CC1(C(O)COC2OC(CO)C(O)C(O)C2O)C=C2CCC3C(C)(C)C(O)C(=O)CC3(C)C2CC1. The van der Waals surface area contributed by atoms with Crippen LogP contribution in [0.1, 0.15) is 59.8 Å². The van der Waals surface area contributed by atoms with Gasteiger partial charge in [0.25, 0.3) is 0 Å². The van der Waals surface area contributed by atoms with E-state index in [4.69, 9.17) is 9.47 Å². The van der Waals surface area contributed by atoms with Gasteiger partial charge >= 0.3 is 0 Å². The Bertz CT molecular complexity index is 841. The van der Waals surface area contributed by atoms with Crippen LogP contribution in [-0.4, -0.2) is 92.5 Å². The van der Waals surface area contributed by atoms with Gasteiger partial charge in [0.2, 0.25) is 0 Å². The van der Waals surface area contributed by atoms with Crippen LogP contribution in [0.25, 0.3) is 0 Å². The molecule has 1 heterocycles. The van der Waals surface area contributed by atoms with Crippen molar-refractivity contribution in [1.29, 1.82) is 0 Å². The summed E-state index contributed by atoms with van der Waals surface area (Å²) in [6.45, 7) is 7.44. The number of Topliss-reactive ketones (excluding diaryl/α,β-unsaturated/α-hetero) is 1. The Hall–Kier alpha value is -0.910. The topological polar surface area (TPSA) is 157 Å². The number of allylic oxidation sites excluding steroid dienone is 1. The number of ether oxygens (including phenoxy) is 2. The molecule has 3 aliphatic carbocycles. The fraction of sp³-hybridized carbons (Fsp3) is 0.885. The molecular formula is C26H42O9. The number of aliphatic hydroxyl groups excluding tert-OH is 6.